The van der Waals surface area contributed by atoms with Gasteiger partial charge >= 0.3 is 32.7 Å². The second-order valence-corrected chi connectivity index (χ2v) is 2.90. The summed E-state index contributed by atoms with van der Waals surface area (Å²) in [5, 5.41) is 3.68. The Morgan fingerprint density at radius 1 is 1.44 bits per heavy atom. The van der Waals surface area contributed by atoms with Crippen molar-refractivity contribution in [3.05, 3.63) is 11.6 Å². The molecule has 0 unspecified atom stereocenters. The molecule has 1 aliphatic rings. The molecule has 0 radical (unpaired) electrons. The molecule has 1 aliphatic heterocycles. The van der Waals surface area contributed by atoms with Crippen LogP contribution in [0.2, 0.25) is 0 Å². The fraction of sp³-hybridized carbons (Fsp3) is 0.333. The third-order valence-electron chi connectivity index (χ3n) is 1.80. The number of nitrogens with zero attached hydrogens (tertiary/aromatic N) is 2. The van der Waals surface area contributed by atoms with Crippen LogP contribution in [0.1, 0.15) is 13.8 Å². The van der Waals surface area contributed by atoms with Crippen molar-refractivity contribution >= 4 is 23.4 Å². The van der Waals surface area contributed by atoms with Gasteiger partial charge in [-0.1, -0.05) is 6.92 Å². The number of hydrogen-bond donors (Lipinski definition) is 1. The Bertz CT molecular complexity index is 401. The van der Waals surface area contributed by atoms with Crippen LogP contribution in [0.25, 0.3) is 0 Å². The normalized spacial score (nSPS) is 18.1. The Morgan fingerprint density at radius 3 is 2.44 bits per heavy atom. The third-order valence-corrected chi connectivity index (χ3v) is 1.80. The number of imide groups is 3. The largest absolute Gasteiger partial charge is 3.00 e. The minimum atomic E-state index is -0.750. The Balaban J connectivity index is 0.00000225. The van der Waals surface area contributed by atoms with Gasteiger partial charge in [0.15, 0.2) is 5.91 Å². The zero-order chi connectivity index (χ0) is 11.6. The summed E-state index contributed by atoms with van der Waals surface area (Å²) in [5.41, 5.74) is 2.77. The number of hydrogen-bond acceptors (Lipinski definition) is 5. The molecule has 0 fully saturated rings. The fourth-order valence-electron chi connectivity index (χ4n) is 1.16. The smallest absolute Gasteiger partial charge is 0.330 e. The second kappa shape index (κ2) is 6.01. The van der Waals surface area contributed by atoms with E-state index in [0.29, 0.717) is 10.5 Å². The first-order valence-corrected chi connectivity index (χ1v) is 4.23. The molecule has 0 aromatic carbocycles. The van der Waals surface area contributed by atoms with E-state index < -0.39 is 17.7 Å². The second-order valence-electron chi connectivity index (χ2n) is 2.90. The average Bonchev–Trinajstić information content (AvgIpc) is 2.11. The van der Waals surface area contributed by atoms with Crippen molar-refractivity contribution in [1.82, 2.24) is 10.3 Å². The van der Waals surface area contributed by atoms with Crippen LogP contribution in [0.15, 0.2) is 10.7 Å². The van der Waals surface area contributed by atoms with E-state index in [9.17, 15) is 14.4 Å². The molecule has 80 valence electrons. The van der Waals surface area contributed by atoms with Gasteiger partial charge in [-0.2, -0.15) is 11.6 Å². The Morgan fingerprint density at radius 2 is 2.00 bits per heavy atom. The molecule has 0 saturated carbocycles. The van der Waals surface area contributed by atoms with Gasteiger partial charge in [-0.05, 0) is 5.71 Å². The van der Waals surface area contributed by atoms with Crippen molar-refractivity contribution in [1.29, 1.82) is 0 Å². The molecule has 0 aliphatic carbocycles. The topological polar surface area (TPSA) is 78.8 Å². The van der Waals surface area contributed by atoms with Crippen LogP contribution in [-0.4, -0.2) is 35.4 Å². The Hall–Kier alpha value is -0.876. The van der Waals surface area contributed by atoms with E-state index in [1.165, 1.54) is 14.0 Å². The first kappa shape index (κ1) is 15.1. The molecule has 0 atom stereocenters. The number of rotatable bonds is 1. The standard InChI is InChI=1S/C9H10N3O3.Y/c1-5-4-7(14)12(6(2)13)9(15)8(5)11-10-3;/h10H,1-3H3;/q-1;+3/b11-8-;. The molecule has 0 saturated heterocycles. The van der Waals surface area contributed by atoms with E-state index in [1.54, 1.807) is 0 Å². The maximum atomic E-state index is 11.6. The van der Waals surface area contributed by atoms with Gasteiger partial charge in [-0.25, -0.2) is 4.90 Å². The molecular formula is C9H10N3O3Y+2. The van der Waals surface area contributed by atoms with Crippen LogP contribution in [0, 0.1) is 6.08 Å². The zero-order valence-electron chi connectivity index (χ0n) is 9.20. The van der Waals surface area contributed by atoms with Crippen molar-refractivity contribution in [2.75, 3.05) is 7.05 Å². The van der Waals surface area contributed by atoms with Gasteiger partial charge in [0, 0.05) is 14.0 Å². The van der Waals surface area contributed by atoms with E-state index in [2.05, 4.69) is 16.6 Å². The van der Waals surface area contributed by atoms with Crippen molar-refractivity contribution in [2.24, 2.45) is 5.10 Å². The van der Waals surface area contributed by atoms with E-state index in [-0.39, 0.29) is 38.4 Å². The fourth-order valence-corrected chi connectivity index (χ4v) is 1.16. The van der Waals surface area contributed by atoms with Gasteiger partial charge < -0.3 is 5.43 Å². The van der Waals surface area contributed by atoms with Gasteiger partial charge in [0.2, 0.25) is 11.8 Å². The summed E-state index contributed by atoms with van der Waals surface area (Å²) in [7, 11) is 1.52. The molecule has 6 nitrogen and oxygen atoms in total. The van der Waals surface area contributed by atoms with Crippen LogP contribution in [-0.2, 0) is 47.1 Å². The number of nitrogens with one attached hydrogen (secondary N) is 1. The van der Waals surface area contributed by atoms with Crippen LogP contribution in [0.4, 0.5) is 0 Å². The first-order chi connectivity index (χ1) is 6.99. The number of hydrazone groups is 1. The summed E-state index contributed by atoms with van der Waals surface area (Å²) in [6.07, 6.45) is 2.37. The number of carbonyl (C=O) groups excluding carboxylic acids is 3. The number of amides is 3. The van der Waals surface area contributed by atoms with E-state index in [0.717, 1.165) is 6.92 Å². The summed E-state index contributed by atoms with van der Waals surface area (Å²) in [6, 6.07) is 0. The maximum Gasteiger partial charge on any atom is 3.00 e. The summed E-state index contributed by atoms with van der Waals surface area (Å²) in [4.78, 5) is 34.5. The van der Waals surface area contributed by atoms with Gasteiger partial charge in [0.05, 0.1) is 0 Å². The predicted octanol–water partition coefficient (Wildman–Crippen LogP) is -0.776. The van der Waals surface area contributed by atoms with Gasteiger partial charge in [-0.3, -0.25) is 19.5 Å². The molecule has 1 heterocycles. The van der Waals surface area contributed by atoms with E-state index in [1.807, 2.05) is 0 Å². The molecule has 0 aromatic heterocycles. The summed E-state index contributed by atoms with van der Waals surface area (Å²) < 4.78 is 0. The van der Waals surface area contributed by atoms with Gasteiger partial charge in [0.25, 0.3) is 0 Å². The minimum Gasteiger partial charge on any atom is -0.330 e. The summed E-state index contributed by atoms with van der Waals surface area (Å²) in [5.74, 6) is -2.12. The molecule has 0 spiro atoms. The maximum absolute atomic E-state index is 11.6. The summed E-state index contributed by atoms with van der Waals surface area (Å²) >= 11 is 0. The van der Waals surface area contributed by atoms with Crippen molar-refractivity contribution in [2.45, 2.75) is 13.8 Å². The van der Waals surface area contributed by atoms with E-state index in [4.69, 9.17) is 0 Å². The molecule has 3 amide bonds. The molecule has 1 rings (SSSR count). The molecule has 16 heavy (non-hydrogen) atoms. The van der Waals surface area contributed by atoms with Crippen molar-refractivity contribution in [3.8, 4) is 0 Å². The molecule has 1 N–H and O–H groups in total. The monoisotopic (exact) mass is 297 g/mol. The van der Waals surface area contributed by atoms with Crippen LogP contribution >= 0.6 is 0 Å². The Kier molecular flexibility index (Phi) is 5.68. The predicted molar refractivity (Wildman–Crippen MR) is 51.5 cm³/mol. The Labute approximate surface area is 118 Å². The van der Waals surface area contributed by atoms with Crippen LogP contribution < -0.4 is 5.43 Å². The molecular weight excluding hydrogens is 287 g/mol. The van der Waals surface area contributed by atoms with Gasteiger partial charge in [-0.15, -0.1) is 0 Å². The number of carbonyl (C=O) groups is 3. The first-order valence-electron chi connectivity index (χ1n) is 4.23. The van der Waals surface area contributed by atoms with E-state index >= 15 is 0 Å². The zero-order valence-corrected chi connectivity index (χ0v) is 12.0. The van der Waals surface area contributed by atoms with Crippen LogP contribution in [0.5, 0.6) is 0 Å². The average molecular weight is 297 g/mol. The van der Waals surface area contributed by atoms with Crippen molar-refractivity contribution < 1.29 is 47.1 Å². The molecule has 7 heteroatoms. The minimum absolute atomic E-state index is 0. The third kappa shape index (κ3) is 2.83. The van der Waals surface area contributed by atoms with Crippen LogP contribution in [0.3, 0.4) is 0 Å². The van der Waals surface area contributed by atoms with Crippen molar-refractivity contribution in [3.63, 3.8) is 0 Å². The SMILES string of the molecule is CN/N=C1\C(=O)N(C(C)=O)C(=O)[C-]=C1C.[Y+3]. The van der Waals surface area contributed by atoms with Gasteiger partial charge in [0.1, 0.15) is 0 Å². The molecule has 0 bridgehead atoms. The quantitative estimate of drug-likeness (QED) is 0.391. The summed E-state index contributed by atoms with van der Waals surface area (Å²) in [6.45, 7) is 2.67. The molecule has 0 aromatic rings.